The van der Waals surface area contributed by atoms with Gasteiger partial charge in [0.2, 0.25) is 0 Å². The molecule has 0 radical (unpaired) electrons. The second-order valence-electron chi connectivity index (χ2n) is 6.60. The van der Waals surface area contributed by atoms with Gasteiger partial charge >= 0.3 is 5.97 Å². The van der Waals surface area contributed by atoms with Gasteiger partial charge in [-0.05, 0) is 45.4 Å². The van der Waals surface area contributed by atoms with Crippen LogP contribution in [0.1, 0.15) is 52.9 Å². The summed E-state index contributed by atoms with van der Waals surface area (Å²) in [5.74, 6) is 0.933. The summed E-state index contributed by atoms with van der Waals surface area (Å²) in [4.78, 5) is 12.1. The van der Waals surface area contributed by atoms with E-state index in [1.165, 1.54) is 25.7 Å². The summed E-state index contributed by atoms with van der Waals surface area (Å²) in [5.41, 5.74) is 5.77. The molecule has 4 atom stereocenters. The van der Waals surface area contributed by atoms with E-state index >= 15 is 0 Å². The minimum atomic E-state index is -0.396. The number of hydrogen-bond acceptors (Lipinski definition) is 3. The van der Waals surface area contributed by atoms with Crippen molar-refractivity contribution < 1.29 is 9.53 Å². The number of carbonyl (C=O) groups is 1. The molecule has 0 bridgehead atoms. The Balaban J connectivity index is 1.99. The number of esters is 1. The molecule has 0 amide bonds. The molecule has 98 valence electrons. The normalized spacial score (nSPS) is 37.6. The lowest BCUT2D eigenvalue weighted by molar-refractivity contribution is -0.172. The third-order valence-electron chi connectivity index (χ3n) is 4.17. The molecule has 0 aliphatic heterocycles. The maximum Gasteiger partial charge on any atom is 0.311 e. The van der Waals surface area contributed by atoms with Crippen LogP contribution in [0.15, 0.2) is 0 Å². The Morgan fingerprint density at radius 1 is 1.12 bits per heavy atom. The molecule has 0 spiro atoms. The van der Waals surface area contributed by atoms with Gasteiger partial charge < -0.3 is 10.5 Å². The Kier molecular flexibility index (Phi) is 3.48. The molecule has 2 rings (SSSR count). The molecule has 4 unspecified atom stereocenters. The quantitative estimate of drug-likeness (QED) is 0.715. The van der Waals surface area contributed by atoms with Crippen LogP contribution in [0.25, 0.3) is 0 Å². The lowest BCUT2D eigenvalue weighted by atomic mass is 9.59. The van der Waals surface area contributed by atoms with Gasteiger partial charge in [0, 0.05) is 6.04 Å². The fraction of sp³-hybridized carbons (Fsp3) is 0.929. The van der Waals surface area contributed by atoms with Gasteiger partial charge in [0.15, 0.2) is 0 Å². The van der Waals surface area contributed by atoms with Gasteiger partial charge in [-0.2, -0.15) is 0 Å². The van der Waals surface area contributed by atoms with Gasteiger partial charge in [-0.3, -0.25) is 4.79 Å². The third kappa shape index (κ3) is 2.65. The lowest BCUT2D eigenvalue weighted by Crippen LogP contribution is -2.60. The van der Waals surface area contributed by atoms with Crippen LogP contribution >= 0.6 is 0 Å². The minimum absolute atomic E-state index is 0.0351. The zero-order valence-corrected chi connectivity index (χ0v) is 11.2. The Morgan fingerprint density at radius 3 is 2.29 bits per heavy atom. The van der Waals surface area contributed by atoms with E-state index in [0.29, 0.717) is 11.8 Å². The number of carbonyl (C=O) groups excluding carboxylic acids is 1. The predicted octanol–water partition coefficient (Wildman–Crippen LogP) is 2.48. The summed E-state index contributed by atoms with van der Waals surface area (Å²) in [5, 5.41) is 0. The molecule has 3 nitrogen and oxygen atoms in total. The van der Waals surface area contributed by atoms with E-state index in [0.717, 1.165) is 6.42 Å². The monoisotopic (exact) mass is 239 g/mol. The van der Waals surface area contributed by atoms with Crippen LogP contribution in [-0.2, 0) is 9.53 Å². The molecule has 0 heterocycles. The van der Waals surface area contributed by atoms with Crippen LogP contribution in [0, 0.1) is 17.8 Å². The van der Waals surface area contributed by atoms with Crippen molar-refractivity contribution in [2.75, 3.05) is 0 Å². The fourth-order valence-corrected chi connectivity index (χ4v) is 3.40. The lowest BCUT2D eigenvalue weighted by Gasteiger charge is -2.49. The van der Waals surface area contributed by atoms with E-state index in [9.17, 15) is 4.79 Å². The molecule has 2 fully saturated rings. The SMILES string of the molecule is CC(C)(C)OC(=O)C1C(N)C2CCCCCC21. The molecule has 3 heteroatoms. The maximum atomic E-state index is 12.1. The molecule has 2 aliphatic carbocycles. The highest BCUT2D eigenvalue weighted by Gasteiger charge is 2.52. The van der Waals surface area contributed by atoms with Crippen LogP contribution in [0.5, 0.6) is 0 Å². The molecule has 2 saturated carbocycles. The van der Waals surface area contributed by atoms with Crippen LogP contribution in [0.4, 0.5) is 0 Å². The van der Waals surface area contributed by atoms with E-state index in [1.54, 1.807) is 0 Å². The summed E-state index contributed by atoms with van der Waals surface area (Å²) in [7, 11) is 0. The summed E-state index contributed by atoms with van der Waals surface area (Å²) >= 11 is 0. The van der Waals surface area contributed by atoms with E-state index in [-0.39, 0.29) is 17.9 Å². The highest BCUT2D eigenvalue weighted by molar-refractivity contribution is 5.75. The van der Waals surface area contributed by atoms with Gasteiger partial charge in [-0.1, -0.05) is 19.3 Å². The van der Waals surface area contributed by atoms with Crippen LogP contribution in [0.2, 0.25) is 0 Å². The smallest absolute Gasteiger partial charge is 0.311 e. The van der Waals surface area contributed by atoms with Crippen LogP contribution in [-0.4, -0.2) is 17.6 Å². The van der Waals surface area contributed by atoms with Crippen LogP contribution in [0.3, 0.4) is 0 Å². The largest absolute Gasteiger partial charge is 0.460 e. The van der Waals surface area contributed by atoms with Gasteiger partial charge in [0.05, 0.1) is 5.92 Å². The molecule has 0 saturated heterocycles. The molecular weight excluding hydrogens is 214 g/mol. The van der Waals surface area contributed by atoms with Gasteiger partial charge in [-0.25, -0.2) is 0 Å². The molecule has 0 aromatic carbocycles. The Bertz CT molecular complexity index is 295. The average molecular weight is 239 g/mol. The summed E-state index contributed by atoms with van der Waals surface area (Å²) in [6.07, 6.45) is 6.16. The van der Waals surface area contributed by atoms with Gasteiger partial charge in [0.1, 0.15) is 5.60 Å². The highest BCUT2D eigenvalue weighted by atomic mass is 16.6. The van der Waals surface area contributed by atoms with E-state index in [2.05, 4.69) is 0 Å². The second-order valence-corrected chi connectivity index (χ2v) is 6.60. The van der Waals surface area contributed by atoms with Crippen molar-refractivity contribution in [2.45, 2.75) is 64.5 Å². The molecular formula is C14H25NO2. The highest BCUT2D eigenvalue weighted by Crippen LogP contribution is 2.48. The maximum absolute atomic E-state index is 12.1. The van der Waals surface area contributed by atoms with Crippen molar-refractivity contribution in [1.82, 2.24) is 0 Å². The van der Waals surface area contributed by atoms with E-state index in [1.807, 2.05) is 20.8 Å². The predicted molar refractivity (Wildman–Crippen MR) is 67.4 cm³/mol. The molecule has 0 aromatic rings. The molecule has 2 N–H and O–H groups in total. The average Bonchev–Trinajstić information content (AvgIpc) is 2.37. The topological polar surface area (TPSA) is 52.3 Å². The van der Waals surface area contributed by atoms with Crippen molar-refractivity contribution in [2.24, 2.45) is 23.5 Å². The fourth-order valence-electron chi connectivity index (χ4n) is 3.40. The molecule has 17 heavy (non-hydrogen) atoms. The first-order chi connectivity index (χ1) is 7.90. The molecule has 2 aliphatic rings. The van der Waals surface area contributed by atoms with E-state index < -0.39 is 5.60 Å². The summed E-state index contributed by atoms with van der Waals surface area (Å²) in [6.45, 7) is 5.75. The van der Waals surface area contributed by atoms with Gasteiger partial charge in [0.25, 0.3) is 0 Å². The standard InChI is InChI=1S/C14H25NO2/c1-14(2,3)17-13(16)11-9-7-5-4-6-8-10(9)12(11)15/h9-12H,4-8,15H2,1-3H3. The van der Waals surface area contributed by atoms with Crippen molar-refractivity contribution in [3.05, 3.63) is 0 Å². The first-order valence-corrected chi connectivity index (χ1v) is 6.88. The Hall–Kier alpha value is -0.570. The molecule has 0 aromatic heterocycles. The van der Waals surface area contributed by atoms with Crippen molar-refractivity contribution in [1.29, 1.82) is 0 Å². The van der Waals surface area contributed by atoms with E-state index in [4.69, 9.17) is 10.5 Å². The minimum Gasteiger partial charge on any atom is -0.460 e. The number of hydrogen-bond donors (Lipinski definition) is 1. The van der Waals surface area contributed by atoms with Crippen LogP contribution < -0.4 is 5.73 Å². The Labute approximate surface area is 104 Å². The number of nitrogens with two attached hydrogens (primary N) is 1. The number of fused-ring (bicyclic) bond motifs is 1. The zero-order chi connectivity index (χ0) is 12.6. The zero-order valence-electron chi connectivity index (χ0n) is 11.2. The third-order valence-corrected chi connectivity index (χ3v) is 4.17. The van der Waals surface area contributed by atoms with Crippen molar-refractivity contribution in [3.8, 4) is 0 Å². The number of ether oxygens (including phenoxy) is 1. The second kappa shape index (κ2) is 4.60. The first kappa shape index (κ1) is 12.9. The summed E-state index contributed by atoms with van der Waals surface area (Å²) in [6, 6.07) is 0.0351. The van der Waals surface area contributed by atoms with Crippen molar-refractivity contribution >= 4 is 5.97 Å². The Morgan fingerprint density at radius 2 is 1.71 bits per heavy atom. The van der Waals surface area contributed by atoms with Gasteiger partial charge in [-0.15, -0.1) is 0 Å². The summed E-state index contributed by atoms with van der Waals surface area (Å²) < 4.78 is 5.48. The number of rotatable bonds is 1. The first-order valence-electron chi connectivity index (χ1n) is 6.88. The van der Waals surface area contributed by atoms with Crippen molar-refractivity contribution in [3.63, 3.8) is 0 Å².